The number of phosphoric ester groups is 1. The van der Waals surface area contributed by atoms with E-state index in [4.69, 9.17) is 9.05 Å². The van der Waals surface area contributed by atoms with Crippen LogP contribution >= 0.6 is 7.82 Å². The fourth-order valence-electron chi connectivity index (χ4n) is 9.74. The summed E-state index contributed by atoms with van der Waals surface area (Å²) in [6.07, 6.45) is 85.3. The zero-order valence-electron chi connectivity index (χ0n) is 52.6. The number of hydrogen-bond donors (Lipinski definition) is 3. The van der Waals surface area contributed by atoms with Gasteiger partial charge in [0.2, 0.25) is 5.91 Å². The van der Waals surface area contributed by atoms with E-state index in [-0.39, 0.29) is 19.1 Å². The van der Waals surface area contributed by atoms with E-state index in [0.29, 0.717) is 23.9 Å². The molecule has 0 radical (unpaired) electrons. The van der Waals surface area contributed by atoms with Crippen molar-refractivity contribution in [3.05, 3.63) is 85.1 Å². The Morgan fingerprint density at radius 1 is 0.443 bits per heavy atom. The van der Waals surface area contributed by atoms with Crippen LogP contribution in [0, 0.1) is 0 Å². The fraction of sp³-hybridized carbons (Fsp3) is 0.786. The number of rotatable bonds is 61. The van der Waals surface area contributed by atoms with E-state index in [1.54, 1.807) is 0 Å². The minimum absolute atomic E-state index is 0.0739. The van der Waals surface area contributed by atoms with E-state index in [2.05, 4.69) is 104 Å². The average molecular weight is 1130 g/mol. The second kappa shape index (κ2) is 60.3. The van der Waals surface area contributed by atoms with Crippen molar-refractivity contribution < 1.29 is 32.9 Å². The predicted octanol–water partition coefficient (Wildman–Crippen LogP) is 21.2. The van der Waals surface area contributed by atoms with E-state index < -0.39 is 20.0 Å². The normalized spacial score (nSPS) is 14.3. The topological polar surface area (TPSA) is 105 Å². The van der Waals surface area contributed by atoms with Crippen LogP contribution < -0.4 is 5.32 Å². The molecule has 0 saturated carbocycles. The Morgan fingerprint density at radius 2 is 0.759 bits per heavy atom. The number of allylic oxidation sites excluding steroid dienone is 14. The quantitative estimate of drug-likeness (QED) is 0.0243. The third-order valence-electron chi connectivity index (χ3n) is 14.9. The van der Waals surface area contributed by atoms with Crippen LogP contribution in [0.4, 0.5) is 0 Å². The van der Waals surface area contributed by atoms with E-state index in [1.165, 1.54) is 193 Å². The fourth-order valence-corrected chi connectivity index (χ4v) is 10.5. The molecule has 1 amide bonds. The summed E-state index contributed by atoms with van der Waals surface area (Å²) < 4.78 is 23.8. The Morgan fingerprint density at radius 3 is 1.11 bits per heavy atom. The molecule has 3 N–H and O–H groups in total. The largest absolute Gasteiger partial charge is 0.472 e. The highest BCUT2D eigenvalue weighted by atomic mass is 31.2. The summed E-state index contributed by atoms with van der Waals surface area (Å²) in [6.45, 7) is 4.80. The summed E-state index contributed by atoms with van der Waals surface area (Å²) in [5.41, 5.74) is 0. The van der Waals surface area contributed by atoms with Crippen LogP contribution in [-0.2, 0) is 18.4 Å². The highest BCUT2D eigenvalue weighted by Gasteiger charge is 2.28. The van der Waals surface area contributed by atoms with Gasteiger partial charge in [0, 0.05) is 6.42 Å². The maximum Gasteiger partial charge on any atom is 0.472 e. The third kappa shape index (κ3) is 63.1. The molecular weight excluding hydrogens is 996 g/mol. The maximum atomic E-state index is 13.0. The van der Waals surface area contributed by atoms with Crippen molar-refractivity contribution in [3.63, 3.8) is 0 Å². The Labute approximate surface area is 490 Å². The number of phosphoric acid groups is 1. The number of amides is 1. The molecule has 3 unspecified atom stereocenters. The first kappa shape index (κ1) is 76.7. The lowest BCUT2D eigenvalue weighted by atomic mass is 10.0. The van der Waals surface area contributed by atoms with Crippen molar-refractivity contribution in [1.82, 2.24) is 5.32 Å². The van der Waals surface area contributed by atoms with Crippen LogP contribution in [-0.4, -0.2) is 73.4 Å². The lowest BCUT2D eigenvalue weighted by Crippen LogP contribution is -2.46. The van der Waals surface area contributed by atoms with Crippen LogP contribution in [0.2, 0.25) is 0 Å². The number of aliphatic hydroxyl groups excluding tert-OH is 1. The van der Waals surface area contributed by atoms with Crippen LogP contribution in [0.1, 0.15) is 303 Å². The summed E-state index contributed by atoms with van der Waals surface area (Å²) in [5.74, 6) is -0.142. The van der Waals surface area contributed by atoms with E-state index >= 15 is 0 Å². The molecule has 0 aliphatic rings. The maximum absolute atomic E-state index is 13.0. The molecule has 0 saturated heterocycles. The minimum atomic E-state index is -4.33. The van der Waals surface area contributed by atoms with E-state index in [1.807, 2.05) is 21.1 Å². The Hall–Kier alpha value is -2.32. The molecule has 0 spiro atoms. The number of unbranched alkanes of at least 4 members (excludes halogenated alkanes) is 34. The molecule has 9 heteroatoms. The molecule has 0 bridgehead atoms. The summed E-state index contributed by atoms with van der Waals surface area (Å²) in [6, 6.07) is -0.763. The van der Waals surface area contributed by atoms with Crippen LogP contribution in [0.5, 0.6) is 0 Å². The summed E-state index contributed by atoms with van der Waals surface area (Å²) >= 11 is 0. The zero-order valence-corrected chi connectivity index (χ0v) is 53.5. The van der Waals surface area contributed by atoms with Crippen LogP contribution in [0.25, 0.3) is 0 Å². The SMILES string of the molecule is CC/C=C\C/C=C\C/C=C\C/C=C\C/C=C\C/C=C\C/C=C\CCCCCCCCCCCCCCCCCCCC(=O)NC(COP(=O)(O)OCC[N+](C)(C)C)C(O)CCCCCCCCCCCCCCCCCCCC. The number of nitrogens with zero attached hydrogens (tertiary/aromatic N) is 1. The van der Waals surface area contributed by atoms with Gasteiger partial charge in [-0.25, -0.2) is 4.57 Å². The monoisotopic (exact) mass is 1130 g/mol. The van der Waals surface area contributed by atoms with E-state index in [0.717, 1.165) is 83.5 Å². The van der Waals surface area contributed by atoms with Gasteiger partial charge in [-0.1, -0.05) is 311 Å². The van der Waals surface area contributed by atoms with Crippen molar-refractivity contribution in [2.24, 2.45) is 0 Å². The van der Waals surface area contributed by atoms with Gasteiger partial charge in [-0.2, -0.15) is 0 Å². The molecule has 0 aromatic heterocycles. The number of nitrogens with one attached hydrogen (secondary N) is 1. The Balaban J connectivity index is 3.98. The third-order valence-corrected chi connectivity index (χ3v) is 15.9. The molecule has 0 heterocycles. The molecule has 79 heavy (non-hydrogen) atoms. The smallest absolute Gasteiger partial charge is 0.391 e. The highest BCUT2D eigenvalue weighted by molar-refractivity contribution is 7.47. The standard InChI is InChI=1S/C70H129N2O6P/c1-6-8-10-12-14-16-18-20-22-24-26-27-28-29-30-31-32-33-34-35-36-37-38-39-40-41-42-43-44-45-46-48-50-52-54-56-58-60-62-64-70(74)71-68(67-78-79(75,76)77-66-65-72(3,4)5)69(73)63-61-59-57-55-53-51-49-47-25-23-21-19-17-15-13-11-9-7-2/h8,10,14,16,20,22,26-27,29-30,32-33,35-36,68-69,73H,6-7,9,11-13,15,17-19,21,23-25,28,31,34,37-67H2,1-5H3,(H-,71,74,75,76)/p+1/b10-8-,16-14-,22-20-,27-26-,30-29-,33-32-,36-35-. The first-order valence-corrected chi connectivity index (χ1v) is 34.9. The molecular formula is C70H130N2O6P+. The average Bonchev–Trinajstić information content (AvgIpc) is 3.42. The Kier molecular flexibility index (Phi) is 58.5. The second-order valence-electron chi connectivity index (χ2n) is 23.8. The van der Waals surface area contributed by atoms with Crippen LogP contribution in [0.3, 0.4) is 0 Å². The predicted molar refractivity (Wildman–Crippen MR) is 346 cm³/mol. The van der Waals surface area contributed by atoms with Gasteiger partial charge in [0.05, 0.1) is 39.9 Å². The highest BCUT2D eigenvalue weighted by Crippen LogP contribution is 2.43. The number of carbonyl (C=O) groups excluding carboxylic acids is 1. The number of quaternary nitrogens is 1. The van der Waals surface area contributed by atoms with Crippen molar-refractivity contribution in [2.75, 3.05) is 40.9 Å². The second-order valence-corrected chi connectivity index (χ2v) is 25.3. The lowest BCUT2D eigenvalue weighted by Gasteiger charge is -2.26. The molecule has 3 atom stereocenters. The van der Waals surface area contributed by atoms with Gasteiger partial charge < -0.3 is 19.8 Å². The van der Waals surface area contributed by atoms with Gasteiger partial charge in [0.15, 0.2) is 0 Å². The van der Waals surface area contributed by atoms with Gasteiger partial charge in [0.25, 0.3) is 0 Å². The molecule has 0 rings (SSSR count). The molecule has 0 fully saturated rings. The van der Waals surface area contributed by atoms with E-state index in [9.17, 15) is 19.4 Å². The number of hydrogen-bond acceptors (Lipinski definition) is 5. The number of carbonyl (C=O) groups is 1. The number of likely N-dealkylation sites (N-methyl/N-ethyl adjacent to an activating group) is 1. The molecule has 0 aliphatic carbocycles. The van der Waals surface area contributed by atoms with Crippen LogP contribution in [0.15, 0.2) is 85.1 Å². The van der Waals surface area contributed by atoms with Crippen molar-refractivity contribution in [3.8, 4) is 0 Å². The summed E-state index contributed by atoms with van der Waals surface area (Å²) in [4.78, 5) is 23.4. The molecule has 0 aliphatic heterocycles. The number of aliphatic hydroxyl groups is 1. The molecule has 460 valence electrons. The molecule has 0 aromatic carbocycles. The van der Waals surface area contributed by atoms with Gasteiger partial charge in [-0.05, 0) is 70.6 Å². The first-order valence-electron chi connectivity index (χ1n) is 33.5. The van der Waals surface area contributed by atoms with Crippen molar-refractivity contribution >= 4 is 13.7 Å². The van der Waals surface area contributed by atoms with Gasteiger partial charge in [0.1, 0.15) is 13.2 Å². The minimum Gasteiger partial charge on any atom is -0.391 e. The molecule has 0 aromatic rings. The van der Waals surface area contributed by atoms with Crippen molar-refractivity contribution in [2.45, 2.75) is 315 Å². The van der Waals surface area contributed by atoms with Gasteiger partial charge in [-0.15, -0.1) is 0 Å². The van der Waals surface area contributed by atoms with Gasteiger partial charge >= 0.3 is 7.82 Å². The molecule has 8 nitrogen and oxygen atoms in total. The zero-order chi connectivity index (χ0) is 57.7. The summed E-state index contributed by atoms with van der Waals surface area (Å²) in [5, 5.41) is 14.1. The van der Waals surface area contributed by atoms with Gasteiger partial charge in [-0.3, -0.25) is 13.8 Å². The van der Waals surface area contributed by atoms with Crippen molar-refractivity contribution in [1.29, 1.82) is 0 Å². The summed E-state index contributed by atoms with van der Waals surface area (Å²) in [7, 11) is 1.62. The first-order chi connectivity index (χ1) is 38.5. The lowest BCUT2D eigenvalue weighted by molar-refractivity contribution is -0.870. The Bertz CT molecular complexity index is 1560.